The summed E-state index contributed by atoms with van der Waals surface area (Å²) in [5, 5.41) is 56.0. The third-order valence-electron chi connectivity index (χ3n) is 7.63. The lowest BCUT2D eigenvalue weighted by molar-refractivity contribution is -0.233. The van der Waals surface area contributed by atoms with E-state index in [0.717, 1.165) is 5.69 Å². The van der Waals surface area contributed by atoms with Gasteiger partial charge in [0, 0.05) is 31.4 Å². The lowest BCUT2D eigenvalue weighted by Gasteiger charge is -2.40. The number of nitrogens with zero attached hydrogens (tertiary/aromatic N) is 1. The van der Waals surface area contributed by atoms with E-state index in [2.05, 4.69) is 10.6 Å². The molecule has 0 unspecified atom stereocenters. The van der Waals surface area contributed by atoms with Gasteiger partial charge in [0.2, 0.25) is 0 Å². The molecule has 12 nitrogen and oxygen atoms in total. The number of nitrogens with one attached hydrogen (secondary N) is 2. The molecule has 7 N–H and O–H groups in total. The number of rotatable bonds is 6. The number of hydrogen-bond donors (Lipinski definition) is 7. The minimum absolute atomic E-state index is 0.164. The number of ether oxygens (including phenoxy) is 1. The van der Waals surface area contributed by atoms with Gasteiger partial charge in [0.15, 0.2) is 16.1 Å². The number of aliphatic hydroxyl groups is 5. The zero-order valence-electron chi connectivity index (χ0n) is 22.5. The molecule has 1 saturated heterocycles. The highest BCUT2D eigenvalue weighted by Gasteiger charge is 2.44. The molecule has 0 aromatic heterocycles. The van der Waals surface area contributed by atoms with Crippen molar-refractivity contribution in [1.82, 2.24) is 5.32 Å². The predicted molar refractivity (Wildman–Crippen MR) is 147 cm³/mol. The monoisotopic (exact) mass is 579 g/mol. The molecule has 0 radical (unpaired) electrons. The van der Waals surface area contributed by atoms with Crippen molar-refractivity contribution < 1.29 is 43.5 Å². The maximum Gasteiger partial charge on any atom is 0.321 e. The van der Waals surface area contributed by atoms with Gasteiger partial charge in [-0.15, -0.1) is 0 Å². The molecule has 2 aliphatic rings. The average molecular weight is 580 g/mol. The summed E-state index contributed by atoms with van der Waals surface area (Å²) in [5.74, 6) is -1.40. The van der Waals surface area contributed by atoms with Crippen LogP contribution in [0, 0.1) is 5.92 Å². The predicted octanol–water partition coefficient (Wildman–Crippen LogP) is -0.0197. The normalized spacial score (nSPS) is 31.5. The molecule has 2 amide bonds. The third kappa shape index (κ3) is 5.96. The topological polar surface area (TPSA) is 189 Å². The fourth-order valence-corrected chi connectivity index (χ4v) is 7.33. The van der Waals surface area contributed by atoms with E-state index in [-0.39, 0.29) is 10.6 Å². The first-order chi connectivity index (χ1) is 18.9. The molecule has 40 heavy (non-hydrogen) atoms. The van der Waals surface area contributed by atoms with E-state index in [0.29, 0.717) is 23.2 Å². The summed E-state index contributed by atoms with van der Waals surface area (Å²) in [6, 6.07) is 10.9. The second kappa shape index (κ2) is 12.0. The number of urea groups is 1. The van der Waals surface area contributed by atoms with Gasteiger partial charge >= 0.3 is 6.03 Å². The van der Waals surface area contributed by atoms with Crippen LogP contribution in [0.25, 0.3) is 0 Å². The van der Waals surface area contributed by atoms with E-state index in [4.69, 9.17) is 4.74 Å². The molecule has 0 bridgehead atoms. The van der Waals surface area contributed by atoms with Crippen LogP contribution in [0.3, 0.4) is 0 Å². The van der Waals surface area contributed by atoms with Gasteiger partial charge in [0.1, 0.15) is 24.4 Å². The Bertz CT molecular complexity index is 1320. The first kappa shape index (κ1) is 30.2. The number of anilines is 2. The molecule has 220 valence electrons. The van der Waals surface area contributed by atoms with Crippen LogP contribution in [0.1, 0.15) is 30.4 Å². The number of benzene rings is 2. The van der Waals surface area contributed by atoms with Crippen LogP contribution in [-0.4, -0.2) is 103 Å². The molecule has 2 heterocycles. The summed E-state index contributed by atoms with van der Waals surface area (Å²) in [4.78, 5) is 14.8. The highest BCUT2D eigenvalue weighted by Crippen LogP contribution is 2.42. The van der Waals surface area contributed by atoms with Crippen molar-refractivity contribution in [3.63, 3.8) is 0 Å². The lowest BCUT2D eigenvalue weighted by atomic mass is 9.80. The second-order valence-corrected chi connectivity index (χ2v) is 12.5. The number of fused-ring (bicyclic) bond motifs is 1. The molecule has 2 aromatic rings. The summed E-state index contributed by atoms with van der Waals surface area (Å²) in [5.41, 5.74) is 2.15. The van der Waals surface area contributed by atoms with Gasteiger partial charge < -0.3 is 45.8 Å². The number of amides is 2. The van der Waals surface area contributed by atoms with Gasteiger partial charge in [0.25, 0.3) is 0 Å². The molecule has 0 saturated carbocycles. The smallest absolute Gasteiger partial charge is 0.321 e. The summed E-state index contributed by atoms with van der Waals surface area (Å²) in [6.07, 6.45) is -8.01. The van der Waals surface area contributed by atoms with E-state index in [9.17, 15) is 38.7 Å². The Hall–Kier alpha value is -2.78. The SMILES string of the molecule is CC[C@H]1CS(=O)(=O)c2ccc(N(C)C)cc2[C@@H](c2cccc(NC(=O)N[C@@H]3O[C@H](CO)[C@@H](O)[C@H](O)[C@H]3O)c2)[C@H]1O. The zero-order valence-corrected chi connectivity index (χ0v) is 23.3. The molecule has 2 aromatic carbocycles. The maximum absolute atomic E-state index is 13.3. The standard InChI is InChI=1S/C27H37N3O9S/c1-4-14-13-40(37,38)20-9-8-17(30(2)3)11-18(20)21(22(14)32)15-6-5-7-16(10-15)28-27(36)29-26-25(35)24(34)23(33)19(12-31)39-26/h5-11,14,19,21-26,31-35H,4,12-13H2,1-3H3,(H2,28,29,36)/t14-,19+,21+,22-,23+,24-,25+,26+/m0/s1. The Kier molecular flexibility index (Phi) is 9.05. The Morgan fingerprint density at radius 3 is 2.40 bits per heavy atom. The van der Waals surface area contributed by atoms with Crippen molar-refractivity contribution >= 4 is 27.2 Å². The lowest BCUT2D eigenvalue weighted by Crippen LogP contribution is -2.63. The van der Waals surface area contributed by atoms with Crippen LogP contribution in [0.4, 0.5) is 16.2 Å². The van der Waals surface area contributed by atoms with Crippen LogP contribution >= 0.6 is 0 Å². The minimum atomic E-state index is -3.67. The van der Waals surface area contributed by atoms with E-state index in [1.807, 2.05) is 25.9 Å². The van der Waals surface area contributed by atoms with Crippen LogP contribution < -0.4 is 15.5 Å². The van der Waals surface area contributed by atoms with Crippen molar-refractivity contribution in [3.05, 3.63) is 53.6 Å². The van der Waals surface area contributed by atoms with Crippen LogP contribution in [0.5, 0.6) is 0 Å². The van der Waals surface area contributed by atoms with E-state index >= 15 is 0 Å². The number of carbonyl (C=O) groups is 1. The fraction of sp³-hybridized carbons (Fsp3) is 0.519. The Morgan fingerprint density at radius 1 is 1.02 bits per heavy atom. The molecule has 2 aliphatic heterocycles. The Morgan fingerprint density at radius 2 is 1.75 bits per heavy atom. The van der Waals surface area contributed by atoms with Gasteiger partial charge in [-0.2, -0.15) is 0 Å². The van der Waals surface area contributed by atoms with Gasteiger partial charge in [-0.05, 0) is 53.8 Å². The molecule has 1 fully saturated rings. The summed E-state index contributed by atoms with van der Waals surface area (Å²) >= 11 is 0. The fourth-order valence-electron chi connectivity index (χ4n) is 5.33. The molecule has 8 atom stereocenters. The van der Waals surface area contributed by atoms with Crippen LogP contribution in [0.15, 0.2) is 47.4 Å². The van der Waals surface area contributed by atoms with Gasteiger partial charge in [-0.1, -0.05) is 19.1 Å². The number of aliphatic hydroxyl groups excluding tert-OH is 5. The number of sulfone groups is 1. The zero-order chi connectivity index (χ0) is 29.4. The van der Waals surface area contributed by atoms with Crippen molar-refractivity contribution in [1.29, 1.82) is 0 Å². The first-order valence-corrected chi connectivity index (χ1v) is 14.7. The Labute approximate surface area is 233 Å². The molecular weight excluding hydrogens is 542 g/mol. The molecule has 0 spiro atoms. The van der Waals surface area contributed by atoms with E-state index < -0.39 is 71.1 Å². The number of carbonyl (C=O) groups excluding carboxylic acids is 1. The van der Waals surface area contributed by atoms with Gasteiger partial charge in [0.05, 0.1) is 23.4 Å². The van der Waals surface area contributed by atoms with Crippen molar-refractivity contribution in [3.8, 4) is 0 Å². The number of hydrogen-bond acceptors (Lipinski definition) is 10. The first-order valence-electron chi connectivity index (χ1n) is 13.1. The minimum Gasteiger partial charge on any atom is -0.394 e. The summed E-state index contributed by atoms with van der Waals surface area (Å²) in [6.45, 7) is 1.20. The largest absolute Gasteiger partial charge is 0.394 e. The summed E-state index contributed by atoms with van der Waals surface area (Å²) < 4.78 is 31.9. The molecule has 4 rings (SSSR count). The van der Waals surface area contributed by atoms with Crippen molar-refractivity contribution in [2.45, 2.75) is 60.9 Å². The van der Waals surface area contributed by atoms with E-state index in [1.165, 1.54) is 0 Å². The third-order valence-corrected chi connectivity index (χ3v) is 9.54. The molecular formula is C27H37N3O9S. The van der Waals surface area contributed by atoms with Gasteiger partial charge in [-0.3, -0.25) is 0 Å². The van der Waals surface area contributed by atoms with Gasteiger partial charge in [-0.25, -0.2) is 13.2 Å². The van der Waals surface area contributed by atoms with Crippen LogP contribution in [-0.2, 0) is 14.6 Å². The van der Waals surface area contributed by atoms with Crippen molar-refractivity contribution in [2.24, 2.45) is 5.92 Å². The van der Waals surface area contributed by atoms with E-state index in [1.54, 1.807) is 42.5 Å². The second-order valence-electron chi connectivity index (χ2n) is 10.5. The quantitative estimate of drug-likeness (QED) is 0.245. The van der Waals surface area contributed by atoms with Crippen molar-refractivity contribution in [2.75, 3.05) is 36.7 Å². The highest BCUT2D eigenvalue weighted by molar-refractivity contribution is 7.91. The maximum atomic E-state index is 13.3. The average Bonchev–Trinajstić information content (AvgIpc) is 3.00. The summed E-state index contributed by atoms with van der Waals surface area (Å²) in [7, 11) is 0.00420. The molecule has 13 heteroatoms. The van der Waals surface area contributed by atoms with Crippen LogP contribution in [0.2, 0.25) is 0 Å². The highest BCUT2D eigenvalue weighted by atomic mass is 32.2. The Balaban J connectivity index is 1.64. The molecule has 0 aliphatic carbocycles.